The molecule has 3 nitrogen and oxygen atoms in total. The number of hydrogen-bond donors (Lipinski definition) is 0. The maximum atomic E-state index is 12.9. The van der Waals surface area contributed by atoms with Crippen LogP contribution in [0, 0.1) is 0 Å². The molecule has 1 atom stereocenters. The van der Waals surface area contributed by atoms with Crippen LogP contribution in [-0.4, -0.2) is 19.3 Å². The van der Waals surface area contributed by atoms with Gasteiger partial charge in [-0.15, -0.1) is 6.58 Å². The summed E-state index contributed by atoms with van der Waals surface area (Å²) in [6.45, 7) is 4.04. The van der Waals surface area contributed by atoms with E-state index in [0.29, 0.717) is 6.54 Å². The first-order chi connectivity index (χ1) is 11.6. The minimum absolute atomic E-state index is 0.121. The molecule has 2 aromatic rings. The zero-order valence-corrected chi connectivity index (χ0v) is 14.3. The summed E-state index contributed by atoms with van der Waals surface area (Å²) in [5, 5.41) is 1.30. The molecule has 0 amide bonds. The zero-order valence-electron chi connectivity index (χ0n) is 13.5. The Hall–Kier alpha value is -2.17. The Bertz CT molecular complexity index is 841. The largest absolute Gasteiger partial charge is 0.237 e. The van der Waals surface area contributed by atoms with Crippen LogP contribution in [0.1, 0.15) is 29.2 Å². The first-order valence-corrected chi connectivity index (χ1v) is 9.56. The number of fused-ring (bicyclic) bond motifs is 1. The lowest BCUT2D eigenvalue weighted by Crippen LogP contribution is -2.32. The molecule has 3 rings (SSSR count). The van der Waals surface area contributed by atoms with Crippen LogP contribution in [-0.2, 0) is 16.4 Å². The second-order valence-electron chi connectivity index (χ2n) is 5.87. The number of sulfonamides is 1. The molecular weight excluding hydrogens is 318 g/mol. The summed E-state index contributed by atoms with van der Waals surface area (Å²) < 4.78 is 27.3. The highest BCUT2D eigenvalue weighted by molar-refractivity contribution is 7.92. The lowest BCUT2D eigenvalue weighted by Gasteiger charge is -2.26. The fourth-order valence-electron chi connectivity index (χ4n) is 3.18. The lowest BCUT2D eigenvalue weighted by molar-refractivity contribution is 0.353. The van der Waals surface area contributed by atoms with Gasteiger partial charge in [-0.1, -0.05) is 60.7 Å². The maximum Gasteiger partial charge on any atom is 0.237 e. The number of hydrogen-bond acceptors (Lipinski definition) is 2. The van der Waals surface area contributed by atoms with Crippen LogP contribution in [0.4, 0.5) is 0 Å². The highest BCUT2D eigenvalue weighted by Gasteiger charge is 2.33. The monoisotopic (exact) mass is 339 g/mol. The molecule has 24 heavy (non-hydrogen) atoms. The third-order valence-electron chi connectivity index (χ3n) is 4.32. The van der Waals surface area contributed by atoms with Crippen molar-refractivity contribution >= 4 is 16.1 Å². The van der Waals surface area contributed by atoms with E-state index in [1.54, 1.807) is 16.5 Å². The van der Waals surface area contributed by atoms with Crippen LogP contribution < -0.4 is 0 Å². The molecule has 0 N–H and O–H groups in total. The van der Waals surface area contributed by atoms with Crippen molar-refractivity contribution in [1.82, 2.24) is 4.31 Å². The minimum Gasteiger partial charge on any atom is -0.207 e. The molecule has 0 saturated heterocycles. The van der Waals surface area contributed by atoms with Crippen LogP contribution in [0.5, 0.6) is 0 Å². The number of nitrogens with zero attached hydrogens (tertiary/aromatic N) is 1. The summed E-state index contributed by atoms with van der Waals surface area (Å²) in [6, 6.07) is 17.4. The highest BCUT2D eigenvalue weighted by atomic mass is 32.2. The summed E-state index contributed by atoms with van der Waals surface area (Å²) >= 11 is 0. The Morgan fingerprint density at radius 1 is 1.08 bits per heavy atom. The van der Waals surface area contributed by atoms with Crippen molar-refractivity contribution < 1.29 is 8.42 Å². The van der Waals surface area contributed by atoms with E-state index in [2.05, 4.69) is 12.6 Å². The molecule has 1 aliphatic rings. The third kappa shape index (κ3) is 3.50. The van der Waals surface area contributed by atoms with Crippen molar-refractivity contribution in [2.45, 2.75) is 18.9 Å². The van der Waals surface area contributed by atoms with Gasteiger partial charge in [0.15, 0.2) is 0 Å². The quantitative estimate of drug-likeness (QED) is 0.741. The molecule has 0 bridgehead atoms. The Balaban J connectivity index is 1.90. The average molecular weight is 339 g/mol. The lowest BCUT2D eigenvalue weighted by atomic mass is 10.1. The van der Waals surface area contributed by atoms with Crippen molar-refractivity contribution in [2.75, 3.05) is 6.54 Å². The van der Waals surface area contributed by atoms with Gasteiger partial charge >= 0.3 is 0 Å². The van der Waals surface area contributed by atoms with E-state index in [0.717, 1.165) is 24.0 Å². The first-order valence-electron chi connectivity index (χ1n) is 8.05. The van der Waals surface area contributed by atoms with E-state index >= 15 is 0 Å². The van der Waals surface area contributed by atoms with Gasteiger partial charge in [-0.3, -0.25) is 0 Å². The molecule has 0 heterocycles. The Morgan fingerprint density at radius 2 is 1.79 bits per heavy atom. The molecule has 0 fully saturated rings. The molecule has 4 heteroatoms. The molecule has 1 unspecified atom stereocenters. The first kappa shape index (κ1) is 16.7. The van der Waals surface area contributed by atoms with Gasteiger partial charge in [-0.25, -0.2) is 8.42 Å². The Labute approximate surface area is 144 Å². The molecule has 0 saturated carbocycles. The van der Waals surface area contributed by atoms with E-state index in [1.165, 1.54) is 11.0 Å². The van der Waals surface area contributed by atoms with E-state index in [9.17, 15) is 8.42 Å². The van der Waals surface area contributed by atoms with Gasteiger partial charge < -0.3 is 0 Å². The molecule has 2 aromatic carbocycles. The zero-order chi connectivity index (χ0) is 17.0. The summed E-state index contributed by atoms with van der Waals surface area (Å²) in [6.07, 6.45) is 5.01. The fourth-order valence-corrected chi connectivity index (χ4v) is 4.55. The topological polar surface area (TPSA) is 37.4 Å². The average Bonchev–Trinajstić information content (AvgIpc) is 3.02. The van der Waals surface area contributed by atoms with Crippen LogP contribution in [0.3, 0.4) is 0 Å². The smallest absolute Gasteiger partial charge is 0.207 e. The molecule has 0 aromatic heterocycles. The molecule has 0 radical (unpaired) electrons. The van der Waals surface area contributed by atoms with Crippen LogP contribution >= 0.6 is 0 Å². The molecular formula is C20H21NO2S. The van der Waals surface area contributed by atoms with Gasteiger partial charge in [0.2, 0.25) is 10.0 Å². The van der Waals surface area contributed by atoms with Gasteiger partial charge in [-0.2, -0.15) is 4.31 Å². The summed E-state index contributed by atoms with van der Waals surface area (Å²) in [5.41, 5.74) is 3.21. The van der Waals surface area contributed by atoms with Crippen molar-refractivity contribution in [3.8, 4) is 0 Å². The normalized spacial score (nSPS) is 17.3. The summed E-state index contributed by atoms with van der Waals surface area (Å²) in [4.78, 5) is 0. The van der Waals surface area contributed by atoms with Gasteiger partial charge in [0.25, 0.3) is 0 Å². The standard InChI is InChI=1S/C20H21NO2S/c1-2-15-21(20-13-12-18-10-6-7-11-19(18)20)24(22,23)16-14-17-8-4-3-5-9-17/h2-11,14,16,20H,1,12-13,15H2/b16-14-. The fraction of sp³-hybridized carbons (Fsp3) is 0.200. The van der Waals surface area contributed by atoms with Crippen molar-refractivity contribution in [3.05, 3.63) is 89.4 Å². The Kier molecular flexibility index (Phi) is 4.97. The van der Waals surface area contributed by atoms with E-state index < -0.39 is 10.0 Å². The SMILES string of the molecule is C=CCN(C1CCc2ccccc21)S(=O)(=O)/C=C\c1ccccc1. The molecule has 124 valence electrons. The van der Waals surface area contributed by atoms with E-state index in [1.807, 2.05) is 48.5 Å². The van der Waals surface area contributed by atoms with Gasteiger partial charge in [0.05, 0.1) is 6.04 Å². The van der Waals surface area contributed by atoms with Crippen molar-refractivity contribution in [2.24, 2.45) is 0 Å². The van der Waals surface area contributed by atoms with Gasteiger partial charge in [0, 0.05) is 12.0 Å². The number of aryl methyl sites for hydroxylation is 1. The third-order valence-corrected chi connectivity index (χ3v) is 5.85. The predicted octanol–water partition coefficient (Wildman–Crippen LogP) is 4.16. The van der Waals surface area contributed by atoms with Gasteiger partial charge in [0.1, 0.15) is 0 Å². The number of benzene rings is 2. The minimum atomic E-state index is -3.53. The number of rotatable bonds is 6. The molecule has 1 aliphatic carbocycles. The van der Waals surface area contributed by atoms with Crippen molar-refractivity contribution in [3.63, 3.8) is 0 Å². The van der Waals surface area contributed by atoms with E-state index in [-0.39, 0.29) is 6.04 Å². The molecule has 0 spiro atoms. The Morgan fingerprint density at radius 3 is 2.54 bits per heavy atom. The second kappa shape index (κ2) is 7.16. The van der Waals surface area contributed by atoms with Crippen LogP contribution in [0.25, 0.3) is 6.08 Å². The molecule has 0 aliphatic heterocycles. The summed E-state index contributed by atoms with van der Waals surface area (Å²) in [7, 11) is -3.53. The maximum absolute atomic E-state index is 12.9. The predicted molar refractivity (Wildman–Crippen MR) is 98.8 cm³/mol. The van der Waals surface area contributed by atoms with E-state index in [4.69, 9.17) is 0 Å². The van der Waals surface area contributed by atoms with Gasteiger partial charge in [-0.05, 0) is 35.6 Å². The van der Waals surface area contributed by atoms with Crippen LogP contribution in [0.2, 0.25) is 0 Å². The van der Waals surface area contributed by atoms with Crippen LogP contribution in [0.15, 0.2) is 72.7 Å². The highest BCUT2D eigenvalue weighted by Crippen LogP contribution is 2.37. The second-order valence-corrected chi connectivity index (χ2v) is 7.64. The summed E-state index contributed by atoms with van der Waals surface area (Å²) in [5.74, 6) is 0. The van der Waals surface area contributed by atoms with Crippen molar-refractivity contribution in [1.29, 1.82) is 0 Å².